The molecule has 1 N–H and O–H groups in total. The van der Waals surface area contributed by atoms with Crippen LogP contribution in [0.25, 0.3) is 0 Å². The Hall–Kier alpha value is -1.19. The molecule has 1 fully saturated rings. The van der Waals surface area contributed by atoms with E-state index in [2.05, 4.69) is 29.3 Å². The van der Waals surface area contributed by atoms with Crippen molar-refractivity contribution in [3.63, 3.8) is 0 Å². The largest absolute Gasteiger partial charge is 0.309 e. The van der Waals surface area contributed by atoms with Gasteiger partial charge < -0.3 is 5.32 Å². The van der Waals surface area contributed by atoms with Gasteiger partial charge in [0.15, 0.2) is 5.78 Å². The quantitative estimate of drug-likeness (QED) is 0.810. The van der Waals surface area contributed by atoms with Gasteiger partial charge in [0.05, 0.1) is 13.1 Å². The van der Waals surface area contributed by atoms with Gasteiger partial charge in [-0.1, -0.05) is 30.3 Å². The van der Waals surface area contributed by atoms with Crippen LogP contribution in [0.5, 0.6) is 0 Å². The molecule has 0 bridgehead atoms. The molecule has 1 heterocycles. The lowest BCUT2D eigenvalue weighted by molar-refractivity contribution is -0.119. The van der Waals surface area contributed by atoms with E-state index in [1.54, 1.807) is 0 Å². The van der Waals surface area contributed by atoms with Crippen molar-refractivity contribution in [3.8, 4) is 0 Å². The minimum atomic E-state index is 0.278. The van der Waals surface area contributed by atoms with Crippen molar-refractivity contribution in [1.29, 1.82) is 0 Å². The van der Waals surface area contributed by atoms with E-state index >= 15 is 0 Å². The number of nitrogens with zero attached hydrogens (tertiary/aromatic N) is 1. The number of ketones is 1. The highest BCUT2D eigenvalue weighted by Gasteiger charge is 2.20. The molecule has 1 unspecified atom stereocenters. The lowest BCUT2D eigenvalue weighted by Gasteiger charge is -2.26. The fourth-order valence-corrected chi connectivity index (χ4v) is 2.08. The number of carbonyl (C=O) groups excluding carboxylic acids is 1. The van der Waals surface area contributed by atoms with Crippen LogP contribution in [0.4, 0.5) is 0 Å². The first kappa shape index (κ1) is 11.3. The Morgan fingerprint density at radius 3 is 2.81 bits per heavy atom. The van der Waals surface area contributed by atoms with Crippen molar-refractivity contribution >= 4 is 5.78 Å². The SMILES string of the molecule is CC(c1ccccc1)N1CCNCC(=O)C1. The topological polar surface area (TPSA) is 32.3 Å². The third-order valence-corrected chi connectivity index (χ3v) is 3.11. The summed E-state index contributed by atoms with van der Waals surface area (Å²) < 4.78 is 0. The summed E-state index contributed by atoms with van der Waals surface area (Å²) in [6.07, 6.45) is 0. The third kappa shape index (κ3) is 2.68. The second-order valence-electron chi connectivity index (χ2n) is 4.27. The smallest absolute Gasteiger partial charge is 0.160 e. The van der Waals surface area contributed by atoms with Gasteiger partial charge >= 0.3 is 0 Å². The monoisotopic (exact) mass is 218 g/mol. The van der Waals surface area contributed by atoms with Gasteiger partial charge in [-0.05, 0) is 12.5 Å². The predicted octanol–water partition coefficient (Wildman–Crippen LogP) is 1.22. The van der Waals surface area contributed by atoms with Crippen molar-refractivity contribution in [1.82, 2.24) is 10.2 Å². The van der Waals surface area contributed by atoms with Crippen LogP contribution in [0.15, 0.2) is 30.3 Å². The zero-order chi connectivity index (χ0) is 11.4. The van der Waals surface area contributed by atoms with E-state index < -0.39 is 0 Å². The number of nitrogens with one attached hydrogen (secondary N) is 1. The fourth-order valence-electron chi connectivity index (χ4n) is 2.08. The highest BCUT2D eigenvalue weighted by molar-refractivity contribution is 5.82. The molecule has 3 nitrogen and oxygen atoms in total. The van der Waals surface area contributed by atoms with E-state index in [-0.39, 0.29) is 5.78 Å². The molecule has 1 aromatic carbocycles. The molecule has 86 valence electrons. The lowest BCUT2D eigenvalue weighted by atomic mass is 10.1. The van der Waals surface area contributed by atoms with Crippen molar-refractivity contribution in [2.45, 2.75) is 13.0 Å². The van der Waals surface area contributed by atoms with Crippen LogP contribution in [0, 0.1) is 0 Å². The van der Waals surface area contributed by atoms with Gasteiger partial charge in [-0.2, -0.15) is 0 Å². The maximum atomic E-state index is 11.5. The standard InChI is InChI=1S/C13H18N2O/c1-11(12-5-3-2-4-6-12)15-8-7-14-9-13(16)10-15/h2-6,11,14H,7-10H2,1H3. The molecule has 0 aliphatic carbocycles. The Morgan fingerprint density at radius 1 is 1.31 bits per heavy atom. The molecule has 1 aromatic rings. The van der Waals surface area contributed by atoms with Crippen molar-refractivity contribution in [3.05, 3.63) is 35.9 Å². The molecule has 1 aliphatic heterocycles. The molecule has 16 heavy (non-hydrogen) atoms. The van der Waals surface area contributed by atoms with Gasteiger partial charge in [-0.3, -0.25) is 9.69 Å². The van der Waals surface area contributed by atoms with Gasteiger partial charge in [0.2, 0.25) is 0 Å². The van der Waals surface area contributed by atoms with Crippen LogP contribution >= 0.6 is 0 Å². The number of hydrogen-bond donors (Lipinski definition) is 1. The maximum absolute atomic E-state index is 11.5. The van der Waals surface area contributed by atoms with E-state index in [0.717, 1.165) is 13.1 Å². The van der Waals surface area contributed by atoms with Gasteiger partial charge in [-0.25, -0.2) is 0 Å². The predicted molar refractivity (Wildman–Crippen MR) is 64.3 cm³/mol. The Bertz CT molecular complexity index is 350. The number of carbonyl (C=O) groups is 1. The zero-order valence-electron chi connectivity index (χ0n) is 9.65. The average molecular weight is 218 g/mol. The van der Waals surface area contributed by atoms with Crippen LogP contribution in [0.2, 0.25) is 0 Å². The molecule has 1 saturated heterocycles. The summed E-state index contributed by atoms with van der Waals surface area (Å²) >= 11 is 0. The molecular formula is C13H18N2O. The average Bonchev–Trinajstić information content (AvgIpc) is 2.54. The van der Waals surface area contributed by atoms with Crippen LogP contribution < -0.4 is 5.32 Å². The molecule has 0 radical (unpaired) electrons. The van der Waals surface area contributed by atoms with Gasteiger partial charge in [0.1, 0.15) is 0 Å². The summed E-state index contributed by atoms with van der Waals surface area (Å²) in [5.41, 5.74) is 1.28. The fraction of sp³-hybridized carbons (Fsp3) is 0.462. The summed E-state index contributed by atoms with van der Waals surface area (Å²) in [7, 11) is 0. The van der Waals surface area contributed by atoms with Gasteiger partial charge in [-0.15, -0.1) is 0 Å². The first-order chi connectivity index (χ1) is 7.77. The Morgan fingerprint density at radius 2 is 2.06 bits per heavy atom. The molecule has 0 aromatic heterocycles. The van der Waals surface area contributed by atoms with Crippen molar-refractivity contribution < 1.29 is 4.79 Å². The number of hydrogen-bond acceptors (Lipinski definition) is 3. The Kier molecular flexibility index (Phi) is 3.70. The second kappa shape index (κ2) is 5.23. The second-order valence-corrected chi connectivity index (χ2v) is 4.27. The number of rotatable bonds is 2. The van der Waals surface area contributed by atoms with Crippen LogP contribution in [-0.2, 0) is 4.79 Å². The zero-order valence-corrected chi connectivity index (χ0v) is 9.65. The lowest BCUT2D eigenvalue weighted by Crippen LogP contribution is -2.32. The van der Waals surface area contributed by atoms with Gasteiger partial charge in [0, 0.05) is 19.1 Å². The highest BCUT2D eigenvalue weighted by Crippen LogP contribution is 2.19. The molecule has 1 aliphatic rings. The molecule has 0 amide bonds. The molecule has 0 spiro atoms. The van der Waals surface area contributed by atoms with E-state index in [1.165, 1.54) is 5.56 Å². The molecule has 2 rings (SSSR count). The molecular weight excluding hydrogens is 200 g/mol. The summed E-state index contributed by atoms with van der Waals surface area (Å²) in [5, 5.41) is 3.14. The summed E-state index contributed by atoms with van der Waals surface area (Å²) in [6.45, 7) is 5.06. The van der Waals surface area contributed by atoms with Crippen LogP contribution in [0.3, 0.4) is 0 Å². The minimum Gasteiger partial charge on any atom is -0.309 e. The Balaban J connectivity index is 2.08. The molecule has 1 atom stereocenters. The van der Waals surface area contributed by atoms with Crippen molar-refractivity contribution in [2.75, 3.05) is 26.2 Å². The first-order valence-electron chi connectivity index (χ1n) is 5.79. The maximum Gasteiger partial charge on any atom is 0.160 e. The van der Waals surface area contributed by atoms with Gasteiger partial charge in [0.25, 0.3) is 0 Å². The number of benzene rings is 1. The highest BCUT2D eigenvalue weighted by atomic mass is 16.1. The van der Waals surface area contributed by atoms with E-state index in [4.69, 9.17) is 0 Å². The first-order valence-corrected chi connectivity index (χ1v) is 5.79. The van der Waals surface area contributed by atoms with Crippen LogP contribution in [0.1, 0.15) is 18.5 Å². The van der Waals surface area contributed by atoms with Crippen molar-refractivity contribution in [2.24, 2.45) is 0 Å². The van der Waals surface area contributed by atoms with Crippen LogP contribution in [-0.4, -0.2) is 36.9 Å². The van der Waals surface area contributed by atoms with E-state index in [0.29, 0.717) is 19.1 Å². The number of Topliss-reactive ketones (excluding diaryl/α,β-unsaturated/α-hetero) is 1. The molecule has 3 heteroatoms. The Labute approximate surface area is 96.5 Å². The third-order valence-electron chi connectivity index (χ3n) is 3.11. The minimum absolute atomic E-state index is 0.278. The molecule has 0 saturated carbocycles. The normalized spacial score (nSPS) is 20.4. The summed E-state index contributed by atoms with van der Waals surface area (Å²) in [4.78, 5) is 13.8. The summed E-state index contributed by atoms with van der Waals surface area (Å²) in [5.74, 6) is 0.278. The summed E-state index contributed by atoms with van der Waals surface area (Å²) in [6, 6.07) is 10.7. The van der Waals surface area contributed by atoms with E-state index in [1.807, 2.05) is 18.2 Å². The van der Waals surface area contributed by atoms with E-state index in [9.17, 15) is 4.79 Å².